The molecule has 3 fully saturated rings. The fraction of sp³-hybridized carbons (Fsp3) is 0.882. The third kappa shape index (κ3) is 3.99. The third-order valence-electron chi connectivity index (χ3n) is 4.91. The lowest BCUT2D eigenvalue weighted by Gasteiger charge is -2.29. The molecule has 3 aliphatic rings. The van der Waals surface area contributed by atoms with Gasteiger partial charge in [-0.15, -0.1) is 11.8 Å². The van der Waals surface area contributed by atoms with E-state index in [2.05, 4.69) is 4.90 Å². The summed E-state index contributed by atoms with van der Waals surface area (Å²) in [6.45, 7) is 9.15. The second kappa shape index (κ2) is 7.12. The lowest BCUT2D eigenvalue weighted by Crippen LogP contribution is -2.48. The zero-order valence-corrected chi connectivity index (χ0v) is 15.8. The van der Waals surface area contributed by atoms with Crippen LogP contribution in [-0.4, -0.2) is 82.2 Å². The molecule has 7 heteroatoms. The Balaban J connectivity index is 1.73. The predicted molar refractivity (Wildman–Crippen MR) is 95.0 cm³/mol. The number of hydrogen-bond acceptors (Lipinski definition) is 5. The van der Waals surface area contributed by atoms with Gasteiger partial charge in [0.05, 0.1) is 5.88 Å². The maximum Gasteiger partial charge on any atom is 0.411 e. The number of hydrogen-bond donors (Lipinski definition) is 0. The lowest BCUT2D eigenvalue weighted by molar-refractivity contribution is -0.134. The molecule has 0 radical (unpaired) electrons. The summed E-state index contributed by atoms with van der Waals surface area (Å²) >= 11 is 1.78. The molecule has 0 spiro atoms. The molecule has 0 saturated carbocycles. The van der Waals surface area contributed by atoms with Crippen molar-refractivity contribution < 1.29 is 14.3 Å². The summed E-state index contributed by atoms with van der Waals surface area (Å²) in [5, 5.41) is 0. The molecule has 6 nitrogen and oxygen atoms in total. The smallest absolute Gasteiger partial charge is 0.411 e. The highest BCUT2D eigenvalue weighted by Crippen LogP contribution is 2.29. The number of nitrogens with zero attached hydrogens (tertiary/aromatic N) is 3. The Bertz CT molecular complexity index is 482. The summed E-state index contributed by atoms with van der Waals surface area (Å²) in [6, 6.07) is -0.0895. The van der Waals surface area contributed by atoms with Crippen molar-refractivity contribution in [2.24, 2.45) is 0 Å². The second-order valence-corrected chi connectivity index (χ2v) is 8.99. The van der Waals surface area contributed by atoms with Gasteiger partial charge in [-0.2, -0.15) is 0 Å². The van der Waals surface area contributed by atoms with Gasteiger partial charge < -0.3 is 9.64 Å². The Kier molecular flexibility index (Phi) is 5.30. The van der Waals surface area contributed by atoms with Gasteiger partial charge in [0.25, 0.3) is 0 Å². The zero-order valence-electron chi connectivity index (χ0n) is 15.0. The predicted octanol–water partition coefficient (Wildman–Crippen LogP) is 1.99. The Morgan fingerprint density at radius 3 is 2.42 bits per heavy atom. The molecule has 3 aliphatic heterocycles. The molecule has 3 rings (SSSR count). The monoisotopic (exact) mass is 355 g/mol. The van der Waals surface area contributed by atoms with E-state index in [1.165, 1.54) is 12.8 Å². The quantitative estimate of drug-likeness (QED) is 0.758. The number of carbonyl (C=O) groups excluding carboxylic acids is 2. The normalized spacial score (nSPS) is 28.6. The van der Waals surface area contributed by atoms with E-state index in [1.54, 1.807) is 16.7 Å². The van der Waals surface area contributed by atoms with Crippen LogP contribution in [0.5, 0.6) is 0 Å². The summed E-state index contributed by atoms with van der Waals surface area (Å²) < 4.78 is 5.57. The fourth-order valence-corrected chi connectivity index (χ4v) is 4.70. The molecule has 0 aromatic carbocycles. The van der Waals surface area contributed by atoms with E-state index in [4.69, 9.17) is 4.74 Å². The minimum absolute atomic E-state index is 0.0903. The topological polar surface area (TPSA) is 53.1 Å². The number of likely N-dealkylation sites (tertiary alicyclic amines) is 2. The van der Waals surface area contributed by atoms with Gasteiger partial charge in [-0.05, 0) is 53.1 Å². The molecular formula is C17H29N3O3S. The van der Waals surface area contributed by atoms with Crippen molar-refractivity contribution in [2.75, 3.05) is 37.8 Å². The van der Waals surface area contributed by atoms with Gasteiger partial charge in [0, 0.05) is 24.9 Å². The van der Waals surface area contributed by atoms with Crippen molar-refractivity contribution in [3.8, 4) is 0 Å². The molecule has 0 aliphatic carbocycles. The molecule has 24 heavy (non-hydrogen) atoms. The summed E-state index contributed by atoms with van der Waals surface area (Å²) in [5.74, 6) is 1.82. The highest BCUT2D eigenvalue weighted by Gasteiger charge is 2.45. The number of amides is 2. The summed E-state index contributed by atoms with van der Waals surface area (Å²) in [5.41, 5.74) is -0.542. The molecule has 0 aromatic rings. The maximum atomic E-state index is 12.9. The van der Waals surface area contributed by atoms with Crippen LogP contribution in [0.15, 0.2) is 0 Å². The Morgan fingerprint density at radius 2 is 1.83 bits per heavy atom. The van der Waals surface area contributed by atoms with E-state index in [0.717, 1.165) is 37.7 Å². The molecule has 3 saturated heterocycles. The van der Waals surface area contributed by atoms with Crippen molar-refractivity contribution in [2.45, 2.75) is 57.7 Å². The number of rotatable bonds is 2. The average Bonchev–Trinajstić information content (AvgIpc) is 3.24. The Labute approximate surface area is 148 Å². The Hall–Kier alpha value is -0.950. The van der Waals surface area contributed by atoms with E-state index in [-0.39, 0.29) is 24.1 Å². The van der Waals surface area contributed by atoms with Crippen LogP contribution in [0.2, 0.25) is 0 Å². The van der Waals surface area contributed by atoms with Crippen LogP contribution in [0.3, 0.4) is 0 Å². The average molecular weight is 356 g/mol. The first-order valence-corrected chi connectivity index (χ1v) is 10.1. The van der Waals surface area contributed by atoms with Crippen LogP contribution < -0.4 is 0 Å². The van der Waals surface area contributed by atoms with Crippen molar-refractivity contribution >= 4 is 23.8 Å². The second-order valence-electron chi connectivity index (χ2n) is 7.92. The number of ether oxygens (including phenoxy) is 1. The van der Waals surface area contributed by atoms with Crippen LogP contribution in [0.4, 0.5) is 4.79 Å². The molecule has 3 heterocycles. The largest absolute Gasteiger partial charge is 0.444 e. The van der Waals surface area contributed by atoms with Crippen molar-refractivity contribution in [1.29, 1.82) is 0 Å². The van der Waals surface area contributed by atoms with E-state index in [0.29, 0.717) is 6.54 Å². The van der Waals surface area contributed by atoms with Crippen LogP contribution in [0.25, 0.3) is 0 Å². The van der Waals surface area contributed by atoms with Gasteiger partial charge in [-0.1, -0.05) is 0 Å². The molecule has 0 unspecified atom stereocenters. The van der Waals surface area contributed by atoms with Crippen LogP contribution in [-0.2, 0) is 9.53 Å². The van der Waals surface area contributed by atoms with Gasteiger partial charge in [-0.25, -0.2) is 4.79 Å². The molecule has 2 atom stereocenters. The highest BCUT2D eigenvalue weighted by atomic mass is 32.2. The molecule has 2 amide bonds. The van der Waals surface area contributed by atoms with Gasteiger partial charge in [0.2, 0.25) is 5.91 Å². The molecular weight excluding hydrogens is 326 g/mol. The molecule has 0 aromatic heterocycles. The van der Waals surface area contributed by atoms with E-state index < -0.39 is 5.60 Å². The molecule has 0 bridgehead atoms. The van der Waals surface area contributed by atoms with E-state index >= 15 is 0 Å². The fourth-order valence-electron chi connectivity index (χ4n) is 3.74. The SMILES string of the molecule is CC(C)(C)OC(=O)N1C[C@@H](N2CCCC2)C[C@H]1C(=O)N1CCSC1. The maximum absolute atomic E-state index is 12.9. The van der Waals surface area contributed by atoms with Crippen molar-refractivity contribution in [1.82, 2.24) is 14.7 Å². The van der Waals surface area contributed by atoms with Crippen LogP contribution in [0.1, 0.15) is 40.0 Å². The van der Waals surface area contributed by atoms with Crippen LogP contribution >= 0.6 is 11.8 Å². The minimum atomic E-state index is -0.542. The first kappa shape index (κ1) is 17.9. The van der Waals surface area contributed by atoms with Gasteiger partial charge in [0.1, 0.15) is 11.6 Å². The summed E-state index contributed by atoms with van der Waals surface area (Å²) in [4.78, 5) is 31.6. The molecule has 0 N–H and O–H groups in total. The van der Waals surface area contributed by atoms with E-state index in [1.807, 2.05) is 25.7 Å². The summed E-state index contributed by atoms with van der Waals surface area (Å²) in [6.07, 6.45) is 2.81. The third-order valence-corrected chi connectivity index (χ3v) is 5.88. The van der Waals surface area contributed by atoms with Gasteiger partial charge in [-0.3, -0.25) is 14.6 Å². The standard InChI is InChI=1S/C17H29N3O3S/c1-17(2,3)23-16(22)20-11-13(18-6-4-5-7-18)10-14(20)15(21)19-8-9-24-12-19/h13-14H,4-12H2,1-3H3/t13-,14-/m0/s1. The van der Waals surface area contributed by atoms with Gasteiger partial charge in [0.15, 0.2) is 0 Å². The summed E-state index contributed by atoms with van der Waals surface area (Å²) in [7, 11) is 0. The van der Waals surface area contributed by atoms with Gasteiger partial charge >= 0.3 is 6.09 Å². The number of carbonyl (C=O) groups is 2. The zero-order chi connectivity index (χ0) is 17.3. The first-order valence-electron chi connectivity index (χ1n) is 8.95. The van der Waals surface area contributed by atoms with Crippen molar-refractivity contribution in [3.05, 3.63) is 0 Å². The van der Waals surface area contributed by atoms with E-state index in [9.17, 15) is 9.59 Å². The van der Waals surface area contributed by atoms with Crippen molar-refractivity contribution in [3.63, 3.8) is 0 Å². The number of thioether (sulfide) groups is 1. The van der Waals surface area contributed by atoms with Crippen LogP contribution in [0, 0.1) is 0 Å². The minimum Gasteiger partial charge on any atom is -0.444 e. The highest BCUT2D eigenvalue weighted by molar-refractivity contribution is 7.99. The lowest BCUT2D eigenvalue weighted by atomic mass is 10.1. The molecule has 136 valence electrons. The first-order chi connectivity index (χ1) is 11.3. The Morgan fingerprint density at radius 1 is 1.12 bits per heavy atom.